The van der Waals surface area contributed by atoms with E-state index in [1.165, 1.54) is 17.6 Å². The number of sulfonamides is 1. The third-order valence-corrected chi connectivity index (χ3v) is 8.46. The Morgan fingerprint density at radius 1 is 1.13 bits per heavy atom. The Balaban J connectivity index is 1.12. The lowest BCUT2D eigenvalue weighted by Gasteiger charge is -2.32. The van der Waals surface area contributed by atoms with Crippen LogP contribution in [0.25, 0.3) is 10.2 Å². The molecule has 2 unspecified atom stereocenters. The van der Waals surface area contributed by atoms with E-state index < -0.39 is 10.0 Å². The van der Waals surface area contributed by atoms with Gasteiger partial charge in [0.15, 0.2) is 0 Å². The van der Waals surface area contributed by atoms with Crippen LogP contribution in [0.1, 0.15) is 6.42 Å². The average Bonchev–Trinajstić information content (AvgIpc) is 3.43. The van der Waals surface area contributed by atoms with Crippen molar-refractivity contribution in [3.63, 3.8) is 0 Å². The molecule has 3 aromatic rings. The first-order chi connectivity index (χ1) is 14.9. The van der Waals surface area contributed by atoms with Gasteiger partial charge in [0.2, 0.25) is 10.0 Å². The SMILES string of the molecule is CS(=O)(=O)N1CC2CC1CN2CCOc1ccc(Oc2nc3cccc(Cl)c3s2)cc1. The zero-order valence-electron chi connectivity index (χ0n) is 16.9. The molecule has 0 N–H and O–H groups in total. The predicted molar refractivity (Wildman–Crippen MR) is 122 cm³/mol. The fourth-order valence-corrected chi connectivity index (χ4v) is 6.58. The van der Waals surface area contributed by atoms with Crippen LogP contribution in [-0.4, -0.2) is 67.2 Å². The van der Waals surface area contributed by atoms with Crippen LogP contribution in [0.15, 0.2) is 42.5 Å². The third kappa shape index (κ3) is 4.38. The van der Waals surface area contributed by atoms with Crippen LogP contribution in [0, 0.1) is 0 Å². The number of fused-ring (bicyclic) bond motifs is 3. The number of rotatable bonds is 7. The van der Waals surface area contributed by atoms with Gasteiger partial charge >= 0.3 is 0 Å². The third-order valence-electron chi connectivity index (χ3n) is 5.75. The van der Waals surface area contributed by atoms with Crippen molar-refractivity contribution in [2.75, 3.05) is 32.5 Å². The van der Waals surface area contributed by atoms with Gasteiger partial charge in [0, 0.05) is 31.7 Å². The van der Waals surface area contributed by atoms with E-state index in [0.717, 1.165) is 35.5 Å². The Labute approximate surface area is 190 Å². The van der Waals surface area contributed by atoms with Crippen LogP contribution < -0.4 is 9.47 Å². The molecular formula is C21H22ClN3O4S2. The highest BCUT2D eigenvalue weighted by Gasteiger charge is 2.46. The van der Waals surface area contributed by atoms with Gasteiger partial charge in [-0.25, -0.2) is 13.4 Å². The monoisotopic (exact) mass is 479 g/mol. The molecule has 2 aromatic carbocycles. The van der Waals surface area contributed by atoms with Crippen molar-refractivity contribution in [3.8, 4) is 16.7 Å². The largest absolute Gasteiger partial charge is 0.492 e. The van der Waals surface area contributed by atoms with Crippen molar-refractivity contribution >= 4 is 43.2 Å². The highest BCUT2D eigenvalue weighted by molar-refractivity contribution is 7.88. The first-order valence-corrected chi connectivity index (χ1v) is 13.1. The van der Waals surface area contributed by atoms with Crippen molar-refractivity contribution in [2.24, 2.45) is 0 Å². The molecule has 0 spiro atoms. The van der Waals surface area contributed by atoms with Crippen LogP contribution in [0.3, 0.4) is 0 Å². The van der Waals surface area contributed by atoms with Crippen molar-refractivity contribution in [1.29, 1.82) is 0 Å². The van der Waals surface area contributed by atoms with Gasteiger partial charge in [-0.05, 0) is 42.8 Å². The number of ether oxygens (including phenoxy) is 2. The second kappa shape index (κ2) is 8.22. The summed E-state index contributed by atoms with van der Waals surface area (Å²) in [5.41, 5.74) is 0.822. The smallest absolute Gasteiger partial charge is 0.279 e. The topological polar surface area (TPSA) is 72.0 Å². The molecule has 5 rings (SSSR count). The molecule has 0 saturated carbocycles. The van der Waals surface area contributed by atoms with Crippen LogP contribution in [0.5, 0.6) is 16.7 Å². The molecule has 0 aliphatic carbocycles. The fourth-order valence-electron chi connectivity index (χ4n) is 4.32. The summed E-state index contributed by atoms with van der Waals surface area (Å²) in [5.74, 6) is 1.45. The number of halogens is 1. The van der Waals surface area contributed by atoms with Gasteiger partial charge in [-0.2, -0.15) is 4.31 Å². The maximum Gasteiger partial charge on any atom is 0.279 e. The number of aromatic nitrogens is 1. The molecule has 31 heavy (non-hydrogen) atoms. The summed E-state index contributed by atoms with van der Waals surface area (Å²) in [5, 5.41) is 1.22. The number of nitrogens with zero attached hydrogens (tertiary/aromatic N) is 3. The lowest BCUT2D eigenvalue weighted by Crippen LogP contribution is -2.49. The molecular weight excluding hydrogens is 458 g/mol. The van der Waals surface area contributed by atoms with E-state index in [-0.39, 0.29) is 6.04 Å². The van der Waals surface area contributed by atoms with E-state index in [9.17, 15) is 8.42 Å². The van der Waals surface area contributed by atoms with Crippen molar-refractivity contribution in [3.05, 3.63) is 47.5 Å². The standard InChI is InChI=1S/C21H22ClN3O4S2/c1-31(26,27)25-13-14-11-15(25)12-24(14)9-10-28-16-5-7-17(8-6-16)29-21-23-19-4-2-3-18(22)20(19)30-21/h2-8,14-15H,9-13H2,1H3. The number of hydrogen-bond acceptors (Lipinski definition) is 7. The molecule has 2 bridgehead atoms. The zero-order valence-corrected chi connectivity index (χ0v) is 19.3. The van der Waals surface area contributed by atoms with Gasteiger partial charge in [-0.1, -0.05) is 29.0 Å². The summed E-state index contributed by atoms with van der Waals surface area (Å²) in [7, 11) is -3.10. The van der Waals surface area contributed by atoms with Crippen molar-refractivity contribution in [2.45, 2.75) is 18.5 Å². The molecule has 2 saturated heterocycles. The van der Waals surface area contributed by atoms with E-state index in [1.807, 2.05) is 42.5 Å². The summed E-state index contributed by atoms with van der Waals surface area (Å²) in [4.78, 5) is 6.78. The van der Waals surface area contributed by atoms with Crippen LogP contribution in [-0.2, 0) is 10.0 Å². The Hall–Kier alpha value is -1.91. The van der Waals surface area contributed by atoms with E-state index in [2.05, 4.69) is 9.88 Å². The van der Waals surface area contributed by atoms with Gasteiger partial charge in [0.1, 0.15) is 18.1 Å². The second-order valence-electron chi connectivity index (χ2n) is 7.86. The van der Waals surface area contributed by atoms with Crippen LogP contribution in [0.4, 0.5) is 0 Å². The summed E-state index contributed by atoms with van der Waals surface area (Å²) in [6.45, 7) is 2.70. The Kier molecular flexibility index (Phi) is 5.56. The summed E-state index contributed by atoms with van der Waals surface area (Å²) in [6.07, 6.45) is 2.20. The number of thiazole rings is 1. The van der Waals surface area contributed by atoms with E-state index >= 15 is 0 Å². The Morgan fingerprint density at radius 2 is 1.90 bits per heavy atom. The minimum atomic E-state index is -3.10. The second-order valence-corrected chi connectivity index (χ2v) is 11.2. The maximum atomic E-state index is 11.8. The highest BCUT2D eigenvalue weighted by Crippen LogP contribution is 2.36. The number of piperazine rings is 1. The van der Waals surface area contributed by atoms with Gasteiger partial charge in [0.05, 0.1) is 21.5 Å². The normalized spacial score (nSPS) is 21.7. The lowest BCUT2D eigenvalue weighted by atomic mass is 10.2. The van der Waals surface area contributed by atoms with Crippen LogP contribution >= 0.6 is 22.9 Å². The predicted octanol–water partition coefficient (Wildman–Crippen LogP) is 3.84. The quantitative estimate of drug-likeness (QED) is 0.512. The van der Waals surface area contributed by atoms with Crippen molar-refractivity contribution < 1.29 is 17.9 Å². The molecule has 7 nitrogen and oxygen atoms in total. The van der Waals surface area contributed by atoms with Crippen LogP contribution in [0.2, 0.25) is 5.02 Å². The van der Waals surface area contributed by atoms with Gasteiger partial charge in [-0.15, -0.1) is 0 Å². The Morgan fingerprint density at radius 3 is 2.58 bits per heavy atom. The summed E-state index contributed by atoms with van der Waals surface area (Å²) < 4.78 is 37.9. The maximum absolute atomic E-state index is 11.8. The first kappa shape index (κ1) is 21.0. The number of hydrogen-bond donors (Lipinski definition) is 0. The number of benzene rings is 2. The van der Waals surface area contributed by atoms with Crippen molar-refractivity contribution in [1.82, 2.24) is 14.2 Å². The minimum Gasteiger partial charge on any atom is -0.492 e. The molecule has 3 heterocycles. The molecule has 2 aliphatic heterocycles. The molecule has 2 aliphatic rings. The average molecular weight is 480 g/mol. The van der Waals surface area contributed by atoms with E-state index in [0.29, 0.717) is 35.2 Å². The summed E-state index contributed by atoms with van der Waals surface area (Å²) in [6, 6.07) is 13.5. The highest BCUT2D eigenvalue weighted by atomic mass is 35.5. The first-order valence-electron chi connectivity index (χ1n) is 10.0. The Bertz CT molecular complexity index is 1200. The lowest BCUT2D eigenvalue weighted by molar-refractivity contribution is 0.153. The molecule has 10 heteroatoms. The summed E-state index contributed by atoms with van der Waals surface area (Å²) >= 11 is 7.62. The molecule has 2 atom stereocenters. The van der Waals surface area contributed by atoms with E-state index in [4.69, 9.17) is 21.1 Å². The van der Waals surface area contributed by atoms with E-state index in [1.54, 1.807) is 4.31 Å². The number of likely N-dealkylation sites (tertiary alicyclic amines) is 1. The fraction of sp³-hybridized carbons (Fsp3) is 0.381. The zero-order chi connectivity index (χ0) is 21.6. The molecule has 0 amide bonds. The van der Waals surface area contributed by atoms with Gasteiger partial charge in [0.25, 0.3) is 5.19 Å². The molecule has 1 aromatic heterocycles. The molecule has 2 fully saturated rings. The van der Waals surface area contributed by atoms with Gasteiger partial charge < -0.3 is 9.47 Å². The molecule has 0 radical (unpaired) electrons. The minimum absolute atomic E-state index is 0.105. The molecule has 164 valence electrons. The van der Waals surface area contributed by atoms with Gasteiger partial charge in [-0.3, -0.25) is 4.90 Å².